The van der Waals surface area contributed by atoms with E-state index in [-0.39, 0.29) is 11.4 Å². The van der Waals surface area contributed by atoms with Crippen LogP contribution in [0.4, 0.5) is 0 Å². The summed E-state index contributed by atoms with van der Waals surface area (Å²) in [6.45, 7) is 9.80. The molecule has 1 aliphatic rings. The molecule has 0 atom stereocenters. The van der Waals surface area contributed by atoms with Crippen LogP contribution in [0.15, 0.2) is 11.1 Å². The molecular formula is C11H20N2O. The van der Waals surface area contributed by atoms with Crippen molar-refractivity contribution in [2.24, 2.45) is 0 Å². The Labute approximate surface area is 86.0 Å². The molecule has 14 heavy (non-hydrogen) atoms. The van der Waals surface area contributed by atoms with Crippen LogP contribution < -0.4 is 10.6 Å². The second-order valence-corrected chi connectivity index (χ2v) is 4.52. The number of amides is 1. The smallest absolute Gasteiger partial charge is 0.247 e. The maximum absolute atomic E-state index is 11.8. The third-order valence-corrected chi connectivity index (χ3v) is 2.88. The Balaban J connectivity index is 2.58. The number of rotatable bonds is 3. The summed E-state index contributed by atoms with van der Waals surface area (Å²) in [5, 5.41) is 6.17. The topological polar surface area (TPSA) is 41.1 Å². The fourth-order valence-corrected chi connectivity index (χ4v) is 1.17. The van der Waals surface area contributed by atoms with Gasteiger partial charge in [-0.05, 0) is 32.8 Å². The Morgan fingerprint density at radius 3 is 2.43 bits per heavy atom. The first kappa shape index (κ1) is 11.2. The molecule has 80 valence electrons. The van der Waals surface area contributed by atoms with Gasteiger partial charge in [-0.15, -0.1) is 0 Å². The van der Waals surface area contributed by atoms with Gasteiger partial charge in [-0.2, -0.15) is 0 Å². The van der Waals surface area contributed by atoms with Crippen molar-refractivity contribution in [3.05, 3.63) is 11.1 Å². The summed E-state index contributed by atoms with van der Waals surface area (Å²) in [5.74, 6) is 0.0772. The number of carbonyl (C=O) groups is 1. The molecule has 3 nitrogen and oxygen atoms in total. The van der Waals surface area contributed by atoms with Gasteiger partial charge in [0.15, 0.2) is 0 Å². The van der Waals surface area contributed by atoms with E-state index in [1.165, 1.54) is 5.57 Å². The first-order valence-corrected chi connectivity index (χ1v) is 5.18. The summed E-state index contributed by atoms with van der Waals surface area (Å²) in [6, 6.07) is 0. The van der Waals surface area contributed by atoms with Crippen LogP contribution in [0.3, 0.4) is 0 Å². The minimum absolute atomic E-state index is 0.0772. The highest BCUT2D eigenvalue weighted by molar-refractivity contribution is 5.94. The van der Waals surface area contributed by atoms with E-state index in [0.717, 1.165) is 25.1 Å². The highest BCUT2D eigenvalue weighted by atomic mass is 16.1. The van der Waals surface area contributed by atoms with E-state index >= 15 is 0 Å². The lowest BCUT2D eigenvalue weighted by atomic mass is 9.99. The van der Waals surface area contributed by atoms with Crippen molar-refractivity contribution in [3.8, 4) is 0 Å². The SMILES string of the molecule is CCC(C)(C)NC(=O)C(C)=C1CNC1. The Bertz CT molecular complexity index is 260. The van der Waals surface area contributed by atoms with E-state index < -0.39 is 0 Å². The van der Waals surface area contributed by atoms with Crippen molar-refractivity contribution in [2.75, 3.05) is 13.1 Å². The molecule has 1 fully saturated rings. The summed E-state index contributed by atoms with van der Waals surface area (Å²) < 4.78 is 0. The van der Waals surface area contributed by atoms with Crippen LogP contribution in [0.1, 0.15) is 34.1 Å². The highest BCUT2D eigenvalue weighted by Gasteiger charge is 2.21. The lowest BCUT2D eigenvalue weighted by Gasteiger charge is -2.27. The maximum atomic E-state index is 11.8. The van der Waals surface area contributed by atoms with Gasteiger partial charge >= 0.3 is 0 Å². The molecule has 1 amide bonds. The largest absolute Gasteiger partial charge is 0.347 e. The Morgan fingerprint density at radius 2 is 2.07 bits per heavy atom. The Morgan fingerprint density at radius 1 is 1.50 bits per heavy atom. The van der Waals surface area contributed by atoms with Crippen molar-refractivity contribution in [2.45, 2.75) is 39.7 Å². The summed E-state index contributed by atoms with van der Waals surface area (Å²) in [7, 11) is 0. The number of hydrogen-bond donors (Lipinski definition) is 2. The van der Waals surface area contributed by atoms with Gasteiger partial charge in [0, 0.05) is 24.2 Å². The van der Waals surface area contributed by atoms with Gasteiger partial charge in [-0.1, -0.05) is 6.92 Å². The van der Waals surface area contributed by atoms with Gasteiger partial charge in [-0.25, -0.2) is 0 Å². The van der Waals surface area contributed by atoms with E-state index in [2.05, 4.69) is 17.6 Å². The van der Waals surface area contributed by atoms with Gasteiger partial charge < -0.3 is 10.6 Å². The van der Waals surface area contributed by atoms with Gasteiger partial charge in [0.2, 0.25) is 5.91 Å². The average molecular weight is 196 g/mol. The number of nitrogens with one attached hydrogen (secondary N) is 2. The molecule has 0 aromatic carbocycles. The zero-order chi connectivity index (χ0) is 10.8. The second-order valence-electron chi connectivity index (χ2n) is 4.52. The summed E-state index contributed by atoms with van der Waals surface area (Å²) in [4.78, 5) is 11.8. The lowest BCUT2D eigenvalue weighted by molar-refractivity contribution is -0.119. The minimum Gasteiger partial charge on any atom is -0.347 e. The molecule has 1 rings (SSSR count). The monoisotopic (exact) mass is 196 g/mol. The van der Waals surface area contributed by atoms with Crippen molar-refractivity contribution < 1.29 is 4.79 Å². The molecular weight excluding hydrogens is 176 g/mol. The fraction of sp³-hybridized carbons (Fsp3) is 0.727. The Hall–Kier alpha value is -0.830. The lowest BCUT2D eigenvalue weighted by Crippen LogP contribution is -2.45. The molecule has 0 spiro atoms. The average Bonchev–Trinajstić information content (AvgIpc) is 2.00. The van der Waals surface area contributed by atoms with Crippen LogP contribution in [0.2, 0.25) is 0 Å². The molecule has 1 heterocycles. The van der Waals surface area contributed by atoms with Gasteiger partial charge in [0.25, 0.3) is 0 Å². The van der Waals surface area contributed by atoms with Crippen molar-refractivity contribution in [1.82, 2.24) is 10.6 Å². The van der Waals surface area contributed by atoms with Crippen LogP contribution in [-0.4, -0.2) is 24.5 Å². The maximum Gasteiger partial charge on any atom is 0.247 e. The third-order valence-electron chi connectivity index (χ3n) is 2.88. The van der Waals surface area contributed by atoms with Crippen molar-refractivity contribution >= 4 is 5.91 Å². The van der Waals surface area contributed by atoms with Gasteiger partial charge in [0.05, 0.1) is 0 Å². The van der Waals surface area contributed by atoms with E-state index in [1.807, 2.05) is 20.8 Å². The predicted molar refractivity (Wildman–Crippen MR) is 58.1 cm³/mol. The molecule has 0 unspecified atom stereocenters. The molecule has 0 radical (unpaired) electrons. The molecule has 0 aromatic heterocycles. The van der Waals surface area contributed by atoms with Crippen LogP contribution in [0.25, 0.3) is 0 Å². The summed E-state index contributed by atoms with van der Waals surface area (Å²) >= 11 is 0. The van der Waals surface area contributed by atoms with E-state index in [0.29, 0.717) is 0 Å². The van der Waals surface area contributed by atoms with Crippen LogP contribution >= 0.6 is 0 Å². The van der Waals surface area contributed by atoms with Crippen LogP contribution in [-0.2, 0) is 4.79 Å². The molecule has 0 bridgehead atoms. The molecule has 0 saturated carbocycles. The van der Waals surface area contributed by atoms with Crippen LogP contribution in [0.5, 0.6) is 0 Å². The fourth-order valence-electron chi connectivity index (χ4n) is 1.17. The summed E-state index contributed by atoms with van der Waals surface area (Å²) in [6.07, 6.45) is 0.944. The number of carbonyl (C=O) groups excluding carboxylic acids is 1. The first-order valence-electron chi connectivity index (χ1n) is 5.18. The number of hydrogen-bond acceptors (Lipinski definition) is 2. The van der Waals surface area contributed by atoms with Crippen molar-refractivity contribution in [3.63, 3.8) is 0 Å². The molecule has 1 saturated heterocycles. The second kappa shape index (κ2) is 4.13. The molecule has 0 aliphatic carbocycles. The molecule has 0 aromatic rings. The minimum atomic E-state index is -0.101. The highest BCUT2D eigenvalue weighted by Crippen LogP contribution is 2.12. The first-order chi connectivity index (χ1) is 6.46. The molecule has 3 heteroatoms. The van der Waals surface area contributed by atoms with E-state index in [1.54, 1.807) is 0 Å². The zero-order valence-electron chi connectivity index (χ0n) is 9.53. The predicted octanol–water partition coefficient (Wildman–Crippen LogP) is 1.21. The van der Waals surface area contributed by atoms with E-state index in [9.17, 15) is 4.79 Å². The van der Waals surface area contributed by atoms with Gasteiger partial charge in [-0.3, -0.25) is 4.79 Å². The van der Waals surface area contributed by atoms with Crippen LogP contribution in [0, 0.1) is 0 Å². The Kier molecular flexibility index (Phi) is 3.32. The molecule has 1 aliphatic heterocycles. The summed E-state index contributed by atoms with van der Waals surface area (Å²) in [5.41, 5.74) is 2.01. The normalized spacial score (nSPS) is 16.1. The van der Waals surface area contributed by atoms with Gasteiger partial charge in [0.1, 0.15) is 0 Å². The standard InChI is InChI=1S/C11H20N2O/c1-5-11(3,4)13-10(14)8(2)9-6-12-7-9/h12H,5-7H2,1-4H3,(H,13,14). The quantitative estimate of drug-likeness (QED) is 0.666. The zero-order valence-corrected chi connectivity index (χ0v) is 9.53. The van der Waals surface area contributed by atoms with Crippen molar-refractivity contribution in [1.29, 1.82) is 0 Å². The third kappa shape index (κ3) is 2.58. The molecule has 2 N–H and O–H groups in total. The van der Waals surface area contributed by atoms with E-state index in [4.69, 9.17) is 0 Å².